The van der Waals surface area contributed by atoms with Crippen molar-refractivity contribution in [1.29, 1.82) is 0 Å². The molecule has 2 aromatic rings. The Hall–Kier alpha value is -1.33. The molecule has 2 heterocycles. The van der Waals surface area contributed by atoms with Gasteiger partial charge in [-0.15, -0.1) is 0 Å². The fourth-order valence-electron chi connectivity index (χ4n) is 2.16. The first-order valence-corrected chi connectivity index (χ1v) is 8.00. The molecule has 4 nitrogen and oxygen atoms in total. The maximum Gasteiger partial charge on any atom is 0.138 e. The fourth-order valence-corrected chi connectivity index (χ4v) is 3.48. The molecule has 3 rings (SSSR count). The zero-order valence-corrected chi connectivity index (χ0v) is 12.7. The molecule has 1 saturated heterocycles. The number of benzene rings is 1. The van der Waals surface area contributed by atoms with E-state index in [0.717, 1.165) is 34.9 Å². The summed E-state index contributed by atoms with van der Waals surface area (Å²) < 4.78 is 7.57. The summed E-state index contributed by atoms with van der Waals surface area (Å²) in [6.07, 6.45) is 1.35. The van der Waals surface area contributed by atoms with Crippen molar-refractivity contribution in [2.75, 3.05) is 17.2 Å². The monoisotopic (exact) mass is 309 g/mol. The molecular weight excluding hydrogens is 294 g/mol. The molecule has 2 N–H and O–H groups in total. The number of aromatic nitrogens is 2. The minimum Gasteiger partial charge on any atom is -0.488 e. The van der Waals surface area contributed by atoms with Gasteiger partial charge in [0.2, 0.25) is 0 Å². The summed E-state index contributed by atoms with van der Waals surface area (Å²) in [4.78, 5) is 0. The van der Waals surface area contributed by atoms with Gasteiger partial charge in [-0.1, -0.05) is 11.6 Å². The van der Waals surface area contributed by atoms with Crippen molar-refractivity contribution in [3.63, 3.8) is 0 Å². The number of rotatable bonds is 3. The molecule has 1 fully saturated rings. The summed E-state index contributed by atoms with van der Waals surface area (Å²) in [5.74, 6) is 3.56. The van der Waals surface area contributed by atoms with Crippen LogP contribution in [0.15, 0.2) is 24.3 Å². The zero-order valence-electron chi connectivity index (χ0n) is 11.2. The van der Waals surface area contributed by atoms with Crippen molar-refractivity contribution in [2.45, 2.75) is 12.5 Å². The van der Waals surface area contributed by atoms with Crippen LogP contribution in [0.4, 0.5) is 5.82 Å². The molecule has 6 heteroatoms. The van der Waals surface area contributed by atoms with Crippen LogP contribution in [-0.4, -0.2) is 27.4 Å². The van der Waals surface area contributed by atoms with Gasteiger partial charge in [-0.2, -0.15) is 16.9 Å². The maximum atomic E-state index is 6.31. The first-order valence-electron chi connectivity index (χ1n) is 6.47. The molecule has 0 bridgehead atoms. The average molecular weight is 310 g/mol. The summed E-state index contributed by atoms with van der Waals surface area (Å²) in [5, 5.41) is 4.96. The summed E-state index contributed by atoms with van der Waals surface area (Å²) in [5.41, 5.74) is 7.55. The van der Waals surface area contributed by atoms with Gasteiger partial charge < -0.3 is 10.5 Å². The number of nitrogens with two attached hydrogens (primary N) is 1. The summed E-state index contributed by atoms with van der Waals surface area (Å²) >= 11 is 8.22. The molecule has 0 amide bonds. The molecule has 106 valence electrons. The average Bonchev–Trinajstić information content (AvgIpc) is 3.03. The largest absolute Gasteiger partial charge is 0.488 e. The molecule has 1 aromatic carbocycles. The van der Waals surface area contributed by atoms with Crippen LogP contribution in [0.25, 0.3) is 11.3 Å². The van der Waals surface area contributed by atoms with Gasteiger partial charge in [0.1, 0.15) is 17.7 Å². The van der Waals surface area contributed by atoms with E-state index >= 15 is 0 Å². The first kappa shape index (κ1) is 13.6. The number of halogens is 1. The van der Waals surface area contributed by atoms with Crippen LogP contribution in [0, 0.1) is 0 Å². The lowest BCUT2D eigenvalue weighted by atomic mass is 10.1. The Bertz CT molecular complexity index is 603. The van der Waals surface area contributed by atoms with Gasteiger partial charge >= 0.3 is 0 Å². The lowest BCUT2D eigenvalue weighted by Crippen LogP contribution is -2.14. The van der Waals surface area contributed by atoms with Crippen molar-refractivity contribution < 1.29 is 4.74 Å². The van der Waals surface area contributed by atoms with Gasteiger partial charge in [-0.05, 0) is 30.4 Å². The number of ether oxygens (including phenoxy) is 1. The van der Waals surface area contributed by atoms with Gasteiger partial charge in [0.25, 0.3) is 0 Å². The maximum absolute atomic E-state index is 6.31. The molecule has 1 aliphatic heterocycles. The van der Waals surface area contributed by atoms with Crippen LogP contribution in [0.3, 0.4) is 0 Å². The van der Waals surface area contributed by atoms with E-state index < -0.39 is 0 Å². The highest BCUT2D eigenvalue weighted by atomic mass is 35.5. The van der Waals surface area contributed by atoms with Crippen molar-refractivity contribution in [1.82, 2.24) is 9.78 Å². The topological polar surface area (TPSA) is 53.1 Å². The highest BCUT2D eigenvalue weighted by molar-refractivity contribution is 7.99. The Labute approximate surface area is 127 Å². The minimum absolute atomic E-state index is 0.272. The Morgan fingerprint density at radius 1 is 1.45 bits per heavy atom. The summed E-state index contributed by atoms with van der Waals surface area (Å²) in [6, 6.07) is 7.58. The predicted octanol–water partition coefficient (Wildman–Crippen LogP) is 3.21. The molecule has 0 aliphatic carbocycles. The van der Waals surface area contributed by atoms with E-state index in [1.54, 1.807) is 4.68 Å². The standard InChI is InChI=1S/C14H16ClN3OS/c1-18-14(16)7-12(17-18)9-2-3-13(11(15)6-9)19-10-4-5-20-8-10/h2-3,6-7,10H,4-5,8,16H2,1H3. The predicted molar refractivity (Wildman–Crippen MR) is 84.4 cm³/mol. The number of aryl methyl sites for hydroxylation is 1. The lowest BCUT2D eigenvalue weighted by Gasteiger charge is -2.14. The van der Waals surface area contributed by atoms with E-state index in [-0.39, 0.29) is 6.10 Å². The minimum atomic E-state index is 0.272. The van der Waals surface area contributed by atoms with Crippen LogP contribution in [-0.2, 0) is 7.05 Å². The summed E-state index contributed by atoms with van der Waals surface area (Å²) in [7, 11) is 1.82. The fraction of sp³-hybridized carbons (Fsp3) is 0.357. The number of thioether (sulfide) groups is 1. The highest BCUT2D eigenvalue weighted by Gasteiger charge is 2.18. The van der Waals surface area contributed by atoms with E-state index in [1.165, 1.54) is 0 Å². The Kier molecular flexibility index (Phi) is 3.81. The van der Waals surface area contributed by atoms with Crippen molar-refractivity contribution in [3.05, 3.63) is 29.3 Å². The second-order valence-electron chi connectivity index (χ2n) is 4.83. The van der Waals surface area contributed by atoms with Gasteiger partial charge in [0.05, 0.1) is 10.7 Å². The Morgan fingerprint density at radius 2 is 2.30 bits per heavy atom. The van der Waals surface area contributed by atoms with Gasteiger partial charge in [0, 0.05) is 24.4 Å². The number of hydrogen-bond acceptors (Lipinski definition) is 4. The number of nitrogen functional groups attached to an aromatic ring is 1. The molecule has 20 heavy (non-hydrogen) atoms. The first-order chi connectivity index (χ1) is 9.63. The van der Waals surface area contributed by atoms with E-state index in [4.69, 9.17) is 22.1 Å². The smallest absolute Gasteiger partial charge is 0.138 e. The molecule has 0 saturated carbocycles. The van der Waals surface area contributed by atoms with Crippen molar-refractivity contribution >= 4 is 29.2 Å². The third-order valence-corrected chi connectivity index (χ3v) is 4.75. The Balaban J connectivity index is 1.83. The second kappa shape index (κ2) is 5.58. The van der Waals surface area contributed by atoms with Gasteiger partial charge in [-0.25, -0.2) is 0 Å². The van der Waals surface area contributed by atoms with E-state index in [0.29, 0.717) is 10.8 Å². The highest BCUT2D eigenvalue weighted by Crippen LogP contribution is 2.32. The SMILES string of the molecule is Cn1nc(-c2ccc(OC3CCSC3)c(Cl)c2)cc1N. The summed E-state index contributed by atoms with van der Waals surface area (Å²) in [6.45, 7) is 0. The zero-order chi connectivity index (χ0) is 14.1. The molecule has 0 spiro atoms. The van der Waals surface area contributed by atoms with Crippen LogP contribution in [0.5, 0.6) is 5.75 Å². The van der Waals surface area contributed by atoms with Crippen molar-refractivity contribution in [3.8, 4) is 17.0 Å². The normalized spacial score (nSPS) is 18.4. The van der Waals surface area contributed by atoms with E-state index in [1.807, 2.05) is 43.1 Å². The van der Waals surface area contributed by atoms with Crippen LogP contribution in [0.2, 0.25) is 5.02 Å². The second-order valence-corrected chi connectivity index (χ2v) is 6.38. The van der Waals surface area contributed by atoms with Crippen molar-refractivity contribution in [2.24, 2.45) is 7.05 Å². The number of anilines is 1. The molecule has 1 aliphatic rings. The van der Waals surface area contributed by atoms with E-state index in [9.17, 15) is 0 Å². The van der Waals surface area contributed by atoms with Crippen LogP contribution >= 0.6 is 23.4 Å². The third-order valence-electron chi connectivity index (χ3n) is 3.33. The van der Waals surface area contributed by atoms with Crippen LogP contribution < -0.4 is 10.5 Å². The quantitative estimate of drug-likeness (QED) is 0.946. The van der Waals surface area contributed by atoms with Gasteiger partial charge in [-0.3, -0.25) is 4.68 Å². The van der Waals surface area contributed by atoms with Gasteiger partial charge in [0.15, 0.2) is 0 Å². The third kappa shape index (κ3) is 2.74. The molecule has 0 radical (unpaired) electrons. The molecule has 1 unspecified atom stereocenters. The molecular formula is C14H16ClN3OS. The Morgan fingerprint density at radius 3 is 2.90 bits per heavy atom. The molecule has 1 atom stereocenters. The van der Waals surface area contributed by atoms with E-state index in [2.05, 4.69) is 5.10 Å². The van der Waals surface area contributed by atoms with Crippen LogP contribution in [0.1, 0.15) is 6.42 Å². The lowest BCUT2D eigenvalue weighted by molar-refractivity contribution is 0.229. The molecule has 1 aromatic heterocycles. The number of nitrogens with zero attached hydrogens (tertiary/aromatic N) is 2. The number of hydrogen-bond donors (Lipinski definition) is 1.